The van der Waals surface area contributed by atoms with Gasteiger partial charge in [-0.15, -0.1) is 0 Å². The molecule has 3 atom stereocenters. The minimum atomic E-state index is -0.498. The van der Waals surface area contributed by atoms with Crippen molar-refractivity contribution in [2.45, 2.75) is 38.8 Å². The zero-order valence-corrected chi connectivity index (χ0v) is 9.70. The van der Waals surface area contributed by atoms with Crippen LogP contribution >= 0.6 is 0 Å². The average Bonchev–Trinajstić information content (AvgIpc) is 2.18. The first kappa shape index (κ1) is 14.3. The summed E-state index contributed by atoms with van der Waals surface area (Å²) in [5.41, 5.74) is 16.4. The lowest BCUT2D eigenvalue weighted by atomic mass is 9.99. The van der Waals surface area contributed by atoms with Gasteiger partial charge in [-0.3, -0.25) is 4.79 Å². The normalized spacial score (nSPS) is 16.9. The summed E-state index contributed by atoms with van der Waals surface area (Å²) in [6.07, 6.45) is 1.41. The SMILES string of the molecule is CC(CCN)C(C)NC(=O)C(N)CCN. The first-order chi connectivity index (χ1) is 7.02. The minimum Gasteiger partial charge on any atom is -0.352 e. The van der Waals surface area contributed by atoms with Gasteiger partial charge in [-0.1, -0.05) is 6.92 Å². The quantitative estimate of drug-likeness (QED) is 0.444. The molecule has 0 aromatic rings. The molecule has 15 heavy (non-hydrogen) atoms. The predicted molar refractivity (Wildman–Crippen MR) is 62.1 cm³/mol. The van der Waals surface area contributed by atoms with Crippen LogP contribution in [0.4, 0.5) is 0 Å². The van der Waals surface area contributed by atoms with Crippen LogP contribution < -0.4 is 22.5 Å². The highest BCUT2D eigenvalue weighted by Crippen LogP contribution is 2.06. The van der Waals surface area contributed by atoms with Crippen molar-refractivity contribution in [3.05, 3.63) is 0 Å². The van der Waals surface area contributed by atoms with E-state index in [0.29, 0.717) is 25.4 Å². The van der Waals surface area contributed by atoms with E-state index in [1.165, 1.54) is 0 Å². The Balaban J connectivity index is 3.94. The largest absolute Gasteiger partial charge is 0.352 e. The monoisotopic (exact) mass is 216 g/mol. The van der Waals surface area contributed by atoms with Crippen LogP contribution in [0.5, 0.6) is 0 Å². The minimum absolute atomic E-state index is 0.102. The van der Waals surface area contributed by atoms with Crippen LogP contribution in [0.3, 0.4) is 0 Å². The second kappa shape index (κ2) is 7.62. The van der Waals surface area contributed by atoms with E-state index in [1.54, 1.807) is 0 Å². The molecule has 7 N–H and O–H groups in total. The summed E-state index contributed by atoms with van der Waals surface area (Å²) < 4.78 is 0. The molecule has 1 amide bonds. The Morgan fingerprint density at radius 2 is 1.73 bits per heavy atom. The third-order valence-corrected chi connectivity index (χ3v) is 2.66. The molecule has 3 unspecified atom stereocenters. The van der Waals surface area contributed by atoms with E-state index >= 15 is 0 Å². The number of hydrogen-bond acceptors (Lipinski definition) is 4. The van der Waals surface area contributed by atoms with Crippen molar-refractivity contribution in [1.82, 2.24) is 5.32 Å². The van der Waals surface area contributed by atoms with Crippen molar-refractivity contribution in [3.63, 3.8) is 0 Å². The highest BCUT2D eigenvalue weighted by Gasteiger charge is 2.18. The number of carbonyl (C=O) groups is 1. The van der Waals surface area contributed by atoms with Crippen molar-refractivity contribution >= 4 is 5.91 Å². The van der Waals surface area contributed by atoms with Gasteiger partial charge in [0.15, 0.2) is 0 Å². The summed E-state index contributed by atoms with van der Waals surface area (Å²) in [5.74, 6) is 0.237. The van der Waals surface area contributed by atoms with Gasteiger partial charge < -0.3 is 22.5 Å². The molecular formula is C10H24N4O. The molecule has 0 radical (unpaired) electrons. The van der Waals surface area contributed by atoms with Crippen molar-refractivity contribution in [1.29, 1.82) is 0 Å². The van der Waals surface area contributed by atoms with E-state index < -0.39 is 6.04 Å². The lowest BCUT2D eigenvalue weighted by Gasteiger charge is -2.22. The molecule has 0 bridgehead atoms. The second-order valence-electron chi connectivity index (χ2n) is 4.04. The van der Waals surface area contributed by atoms with Gasteiger partial charge in [-0.05, 0) is 38.8 Å². The zero-order valence-electron chi connectivity index (χ0n) is 9.70. The lowest BCUT2D eigenvalue weighted by molar-refractivity contribution is -0.123. The van der Waals surface area contributed by atoms with Gasteiger partial charge in [0, 0.05) is 6.04 Å². The molecule has 0 saturated heterocycles. The van der Waals surface area contributed by atoms with E-state index in [2.05, 4.69) is 12.2 Å². The summed E-state index contributed by atoms with van der Waals surface area (Å²) in [5, 5.41) is 2.87. The van der Waals surface area contributed by atoms with Crippen LogP contribution in [0.15, 0.2) is 0 Å². The van der Waals surface area contributed by atoms with Gasteiger partial charge in [0.1, 0.15) is 0 Å². The molecule has 0 rings (SSSR count). The molecule has 5 heteroatoms. The van der Waals surface area contributed by atoms with Crippen molar-refractivity contribution < 1.29 is 4.79 Å². The first-order valence-corrected chi connectivity index (χ1v) is 5.49. The average molecular weight is 216 g/mol. The summed E-state index contributed by atoms with van der Waals surface area (Å²) >= 11 is 0. The zero-order chi connectivity index (χ0) is 11.8. The van der Waals surface area contributed by atoms with Crippen molar-refractivity contribution in [2.75, 3.05) is 13.1 Å². The smallest absolute Gasteiger partial charge is 0.237 e. The standard InChI is InChI=1S/C10H24N4O/c1-7(3-5-11)8(2)14-10(15)9(13)4-6-12/h7-9H,3-6,11-13H2,1-2H3,(H,14,15). The number of rotatable bonds is 7. The molecule has 90 valence electrons. The Morgan fingerprint density at radius 3 is 2.20 bits per heavy atom. The summed E-state index contributed by atoms with van der Waals surface area (Å²) in [6.45, 7) is 5.09. The number of nitrogens with one attached hydrogen (secondary N) is 1. The van der Waals surface area contributed by atoms with Crippen LogP contribution in [-0.4, -0.2) is 31.1 Å². The molecule has 0 aromatic heterocycles. The molecule has 0 aliphatic carbocycles. The topological polar surface area (TPSA) is 107 Å². The second-order valence-corrected chi connectivity index (χ2v) is 4.04. The third-order valence-electron chi connectivity index (χ3n) is 2.66. The van der Waals surface area contributed by atoms with Crippen LogP contribution in [0.25, 0.3) is 0 Å². The Hall–Kier alpha value is -0.650. The van der Waals surface area contributed by atoms with E-state index in [-0.39, 0.29) is 11.9 Å². The summed E-state index contributed by atoms with van der Waals surface area (Å²) in [6, 6.07) is -0.396. The molecule has 0 aliphatic rings. The van der Waals surface area contributed by atoms with Crippen LogP contribution in [0, 0.1) is 5.92 Å². The maximum absolute atomic E-state index is 11.5. The van der Waals surface area contributed by atoms with Gasteiger partial charge in [-0.2, -0.15) is 0 Å². The number of carbonyl (C=O) groups excluding carboxylic acids is 1. The van der Waals surface area contributed by atoms with E-state index in [1.807, 2.05) is 6.92 Å². The fraction of sp³-hybridized carbons (Fsp3) is 0.900. The maximum Gasteiger partial charge on any atom is 0.237 e. The Morgan fingerprint density at radius 1 is 1.20 bits per heavy atom. The van der Waals surface area contributed by atoms with Gasteiger partial charge in [-0.25, -0.2) is 0 Å². The first-order valence-electron chi connectivity index (χ1n) is 5.49. The van der Waals surface area contributed by atoms with Gasteiger partial charge in [0.05, 0.1) is 6.04 Å². The number of nitrogens with two attached hydrogens (primary N) is 3. The van der Waals surface area contributed by atoms with Crippen LogP contribution in [0.2, 0.25) is 0 Å². The number of hydrogen-bond donors (Lipinski definition) is 4. The van der Waals surface area contributed by atoms with Gasteiger partial charge in [0.2, 0.25) is 5.91 Å². The molecule has 0 aliphatic heterocycles. The molecule has 0 fully saturated rings. The van der Waals surface area contributed by atoms with Crippen molar-refractivity contribution in [3.8, 4) is 0 Å². The van der Waals surface area contributed by atoms with E-state index in [4.69, 9.17) is 17.2 Å². The number of amides is 1. The van der Waals surface area contributed by atoms with Gasteiger partial charge >= 0.3 is 0 Å². The van der Waals surface area contributed by atoms with Crippen LogP contribution in [-0.2, 0) is 4.79 Å². The Bertz CT molecular complexity index is 186. The summed E-state index contributed by atoms with van der Waals surface area (Å²) in [7, 11) is 0. The molecule has 0 heterocycles. The van der Waals surface area contributed by atoms with Gasteiger partial charge in [0.25, 0.3) is 0 Å². The van der Waals surface area contributed by atoms with Crippen molar-refractivity contribution in [2.24, 2.45) is 23.1 Å². The molecular weight excluding hydrogens is 192 g/mol. The van der Waals surface area contributed by atoms with Crippen LogP contribution in [0.1, 0.15) is 26.7 Å². The fourth-order valence-electron chi connectivity index (χ4n) is 1.30. The highest BCUT2D eigenvalue weighted by molar-refractivity contribution is 5.81. The van der Waals surface area contributed by atoms with E-state index in [9.17, 15) is 4.79 Å². The molecule has 0 saturated carbocycles. The Labute approximate surface area is 91.8 Å². The fourth-order valence-corrected chi connectivity index (χ4v) is 1.30. The maximum atomic E-state index is 11.5. The molecule has 5 nitrogen and oxygen atoms in total. The molecule has 0 spiro atoms. The lowest BCUT2D eigenvalue weighted by Crippen LogP contribution is -2.47. The Kier molecular flexibility index (Phi) is 7.29. The highest BCUT2D eigenvalue weighted by atomic mass is 16.2. The molecule has 0 aromatic carbocycles. The van der Waals surface area contributed by atoms with E-state index in [0.717, 1.165) is 6.42 Å². The predicted octanol–water partition coefficient (Wildman–Crippen LogP) is -0.848. The third kappa shape index (κ3) is 5.71. The summed E-state index contributed by atoms with van der Waals surface area (Å²) in [4.78, 5) is 11.5.